The number of thioether (sulfide) groups is 3. The topological polar surface area (TPSA) is 17.1 Å². The van der Waals surface area contributed by atoms with E-state index in [0.717, 1.165) is 16.6 Å². The maximum atomic E-state index is 10.7. The van der Waals surface area contributed by atoms with Crippen molar-refractivity contribution in [1.82, 2.24) is 0 Å². The molecule has 0 N–H and O–H groups in total. The van der Waals surface area contributed by atoms with E-state index in [-0.39, 0.29) is 0 Å². The van der Waals surface area contributed by atoms with Crippen LogP contribution in [0, 0.1) is 0 Å². The zero-order valence-electron chi connectivity index (χ0n) is 5.83. The first kappa shape index (κ1) is 8.81. The monoisotopic (exact) mass is 194 g/mol. The Hall–Kier alpha value is 0.720. The Morgan fingerprint density at radius 3 is 2.60 bits per heavy atom. The van der Waals surface area contributed by atoms with Gasteiger partial charge < -0.3 is 0 Å². The first-order valence-electron chi connectivity index (χ1n) is 3.09. The number of ketones is 1. The van der Waals surface area contributed by atoms with Gasteiger partial charge in [-0.25, -0.2) is 0 Å². The van der Waals surface area contributed by atoms with Crippen LogP contribution < -0.4 is 0 Å². The molecule has 0 unspecified atom stereocenters. The van der Waals surface area contributed by atoms with Crippen LogP contribution in [0.1, 0.15) is 13.3 Å². The maximum Gasteiger partial charge on any atom is 0.131 e. The van der Waals surface area contributed by atoms with Crippen molar-refractivity contribution in [2.24, 2.45) is 0 Å². The molecule has 0 aromatic carbocycles. The average molecular weight is 194 g/mol. The van der Waals surface area contributed by atoms with E-state index in [9.17, 15) is 4.79 Å². The van der Waals surface area contributed by atoms with Crippen LogP contribution in [0.5, 0.6) is 0 Å². The van der Waals surface area contributed by atoms with Crippen LogP contribution in [0.4, 0.5) is 0 Å². The van der Waals surface area contributed by atoms with Gasteiger partial charge in [-0.2, -0.15) is 0 Å². The quantitative estimate of drug-likeness (QED) is 0.671. The molecule has 0 aromatic rings. The zero-order valence-corrected chi connectivity index (χ0v) is 8.28. The molecule has 0 atom stereocenters. The minimum absolute atomic E-state index is 0.317. The second-order valence-electron chi connectivity index (χ2n) is 2.11. The van der Waals surface area contributed by atoms with Crippen molar-refractivity contribution < 1.29 is 4.79 Å². The zero-order chi connectivity index (χ0) is 7.40. The summed E-state index contributed by atoms with van der Waals surface area (Å²) in [6, 6.07) is 0. The van der Waals surface area contributed by atoms with E-state index >= 15 is 0 Å². The van der Waals surface area contributed by atoms with Gasteiger partial charge in [0.25, 0.3) is 0 Å². The van der Waals surface area contributed by atoms with Gasteiger partial charge in [0.1, 0.15) is 5.78 Å². The molecule has 1 heterocycles. The van der Waals surface area contributed by atoms with E-state index in [4.69, 9.17) is 0 Å². The Morgan fingerprint density at radius 1 is 1.50 bits per heavy atom. The molecule has 4 heteroatoms. The fourth-order valence-corrected chi connectivity index (χ4v) is 5.64. The Bertz CT molecular complexity index is 120. The van der Waals surface area contributed by atoms with Crippen molar-refractivity contribution in [3.63, 3.8) is 0 Å². The highest BCUT2D eigenvalue weighted by atomic mass is 32.3. The fourth-order valence-electron chi connectivity index (χ4n) is 0.683. The molecule has 1 nitrogen and oxygen atoms in total. The van der Waals surface area contributed by atoms with E-state index in [0.29, 0.717) is 10.4 Å². The second-order valence-corrected chi connectivity index (χ2v) is 6.51. The fraction of sp³-hybridized carbons (Fsp3) is 0.833. The van der Waals surface area contributed by atoms with Crippen LogP contribution in [-0.2, 0) is 4.79 Å². The third-order valence-electron chi connectivity index (χ3n) is 1.13. The van der Waals surface area contributed by atoms with Gasteiger partial charge in [-0.15, -0.1) is 35.3 Å². The third kappa shape index (κ3) is 3.21. The summed E-state index contributed by atoms with van der Waals surface area (Å²) in [7, 11) is 0. The standard InChI is InChI=1S/C6H10OS3/c1-5(7)2-6-9-3-8-4-10-6/h6H,2-4H2,1H3. The highest BCUT2D eigenvalue weighted by Gasteiger charge is 2.15. The summed E-state index contributed by atoms with van der Waals surface area (Å²) < 4.78 is 0.541. The molecular formula is C6H10OS3. The minimum Gasteiger partial charge on any atom is -0.300 e. The van der Waals surface area contributed by atoms with Gasteiger partial charge in [-0.1, -0.05) is 0 Å². The predicted octanol–water partition coefficient (Wildman–Crippen LogP) is 2.42. The van der Waals surface area contributed by atoms with Gasteiger partial charge >= 0.3 is 0 Å². The lowest BCUT2D eigenvalue weighted by atomic mass is 10.3. The average Bonchev–Trinajstić information content (AvgIpc) is 1.88. The molecule has 0 amide bonds. The Morgan fingerprint density at radius 2 is 2.10 bits per heavy atom. The lowest BCUT2D eigenvalue weighted by Gasteiger charge is -2.18. The van der Waals surface area contributed by atoms with Gasteiger partial charge in [0.05, 0.1) is 4.58 Å². The van der Waals surface area contributed by atoms with Crippen molar-refractivity contribution in [2.75, 3.05) is 10.2 Å². The van der Waals surface area contributed by atoms with Crippen LogP contribution in [0.2, 0.25) is 0 Å². The van der Waals surface area contributed by atoms with Gasteiger partial charge in [0.15, 0.2) is 0 Å². The number of carbonyl (C=O) groups excluding carboxylic acids is 1. The summed E-state index contributed by atoms with van der Waals surface area (Å²) in [5.41, 5.74) is 0. The summed E-state index contributed by atoms with van der Waals surface area (Å²) in [5.74, 6) is 0.317. The number of carbonyl (C=O) groups is 1. The van der Waals surface area contributed by atoms with Crippen LogP contribution in [-0.4, -0.2) is 20.5 Å². The minimum atomic E-state index is 0.317. The van der Waals surface area contributed by atoms with E-state index < -0.39 is 0 Å². The summed E-state index contributed by atoms with van der Waals surface area (Å²) in [4.78, 5) is 10.7. The Labute approximate surface area is 74.1 Å². The molecule has 1 saturated heterocycles. The lowest BCUT2D eigenvalue weighted by Crippen LogP contribution is -2.07. The lowest BCUT2D eigenvalue weighted by molar-refractivity contribution is -0.116. The highest BCUT2D eigenvalue weighted by molar-refractivity contribution is 8.32. The van der Waals surface area contributed by atoms with Crippen molar-refractivity contribution >= 4 is 41.1 Å². The molecule has 58 valence electrons. The summed E-state index contributed by atoms with van der Waals surface area (Å²) >= 11 is 5.73. The number of Topliss-reactive ketones (excluding diaryl/α,β-unsaturated/α-hetero) is 1. The van der Waals surface area contributed by atoms with E-state index in [1.54, 1.807) is 6.92 Å². The molecule has 0 saturated carbocycles. The highest BCUT2D eigenvalue weighted by Crippen LogP contribution is 2.37. The first-order valence-corrected chi connectivity index (χ1v) is 6.34. The van der Waals surface area contributed by atoms with Gasteiger partial charge in [-0.3, -0.25) is 4.79 Å². The van der Waals surface area contributed by atoms with Gasteiger partial charge in [-0.05, 0) is 6.92 Å². The third-order valence-corrected chi connectivity index (χ3v) is 5.44. The second kappa shape index (κ2) is 4.57. The molecule has 0 spiro atoms. The molecule has 1 fully saturated rings. The molecule has 0 bridgehead atoms. The molecule has 0 aromatic heterocycles. The number of rotatable bonds is 2. The van der Waals surface area contributed by atoms with Crippen molar-refractivity contribution in [3.8, 4) is 0 Å². The first-order chi connectivity index (χ1) is 4.79. The van der Waals surface area contributed by atoms with Gasteiger partial charge in [0, 0.05) is 16.6 Å². The smallest absolute Gasteiger partial charge is 0.131 e. The van der Waals surface area contributed by atoms with Crippen molar-refractivity contribution in [3.05, 3.63) is 0 Å². The molecule has 1 aliphatic heterocycles. The SMILES string of the molecule is CC(=O)CC1SCSCS1. The van der Waals surface area contributed by atoms with E-state index in [1.807, 2.05) is 35.3 Å². The molecule has 1 aliphatic rings. The molecule has 1 rings (SSSR count). The Kier molecular flexibility index (Phi) is 4.03. The summed E-state index contributed by atoms with van der Waals surface area (Å²) in [5, 5.41) is 2.32. The van der Waals surface area contributed by atoms with E-state index in [1.165, 1.54) is 0 Å². The number of hydrogen-bond donors (Lipinski definition) is 0. The predicted molar refractivity (Wildman–Crippen MR) is 51.6 cm³/mol. The van der Waals surface area contributed by atoms with Crippen LogP contribution in [0.3, 0.4) is 0 Å². The summed E-state index contributed by atoms with van der Waals surface area (Å²) in [6.07, 6.45) is 0.746. The number of hydrogen-bond acceptors (Lipinski definition) is 4. The Balaban J connectivity index is 2.19. The van der Waals surface area contributed by atoms with E-state index in [2.05, 4.69) is 0 Å². The van der Waals surface area contributed by atoms with Crippen molar-refractivity contribution in [1.29, 1.82) is 0 Å². The van der Waals surface area contributed by atoms with Crippen LogP contribution >= 0.6 is 35.3 Å². The van der Waals surface area contributed by atoms with Gasteiger partial charge in [0.2, 0.25) is 0 Å². The molecular weight excluding hydrogens is 184 g/mol. The largest absolute Gasteiger partial charge is 0.300 e. The van der Waals surface area contributed by atoms with Crippen molar-refractivity contribution in [2.45, 2.75) is 17.9 Å². The molecule has 10 heavy (non-hydrogen) atoms. The van der Waals surface area contributed by atoms with Crippen LogP contribution in [0.15, 0.2) is 0 Å². The maximum absolute atomic E-state index is 10.7. The van der Waals surface area contributed by atoms with Crippen LogP contribution in [0.25, 0.3) is 0 Å². The molecule has 0 aliphatic carbocycles. The summed E-state index contributed by atoms with van der Waals surface area (Å²) in [6.45, 7) is 1.67. The normalized spacial score (nSPS) is 20.9. The molecule has 0 radical (unpaired) electrons.